The van der Waals surface area contributed by atoms with Crippen molar-refractivity contribution in [2.45, 2.75) is 33.7 Å². The molecular formula is C17H21N3O4. The normalized spacial score (nSPS) is 12.1. The number of benzene rings is 1. The minimum absolute atomic E-state index is 0.131. The highest BCUT2D eigenvalue weighted by atomic mass is 16.5. The van der Waals surface area contributed by atoms with Crippen molar-refractivity contribution in [1.82, 2.24) is 16.0 Å². The highest BCUT2D eigenvalue weighted by molar-refractivity contribution is 5.96. The van der Waals surface area contributed by atoms with Gasteiger partial charge >= 0.3 is 0 Å². The Labute approximate surface area is 140 Å². The molecule has 1 heterocycles. The number of carbonyl (C=O) groups is 2. The third kappa shape index (κ3) is 3.62. The second kappa shape index (κ2) is 7.27. The van der Waals surface area contributed by atoms with Crippen LogP contribution in [0.2, 0.25) is 0 Å². The molecule has 0 aliphatic carbocycles. The van der Waals surface area contributed by atoms with Crippen molar-refractivity contribution >= 4 is 11.8 Å². The van der Waals surface area contributed by atoms with Crippen LogP contribution in [-0.2, 0) is 0 Å². The molecule has 2 aromatic rings. The van der Waals surface area contributed by atoms with E-state index in [2.05, 4.69) is 10.5 Å². The van der Waals surface area contributed by atoms with Gasteiger partial charge in [0.1, 0.15) is 11.3 Å². The summed E-state index contributed by atoms with van der Waals surface area (Å²) in [6.07, 6.45) is 0. The summed E-state index contributed by atoms with van der Waals surface area (Å²) in [5.74, 6) is -0.223. The lowest BCUT2D eigenvalue weighted by atomic mass is 9.94. The van der Waals surface area contributed by atoms with E-state index in [0.29, 0.717) is 22.6 Å². The number of nitrogens with zero attached hydrogens (tertiary/aromatic N) is 1. The van der Waals surface area contributed by atoms with E-state index in [-0.39, 0.29) is 17.9 Å². The molecule has 24 heavy (non-hydrogen) atoms. The first-order valence-corrected chi connectivity index (χ1v) is 7.63. The number of aryl methyl sites for hydroxylation is 2. The molecule has 0 aliphatic rings. The van der Waals surface area contributed by atoms with Crippen LogP contribution in [0.4, 0.5) is 0 Å². The lowest BCUT2D eigenvalue weighted by molar-refractivity contribution is 0.0706. The lowest BCUT2D eigenvalue weighted by Crippen LogP contribution is -2.32. The second-order valence-corrected chi connectivity index (χ2v) is 5.96. The van der Waals surface area contributed by atoms with Crippen LogP contribution >= 0.6 is 0 Å². The summed E-state index contributed by atoms with van der Waals surface area (Å²) in [6, 6.07) is 6.46. The van der Waals surface area contributed by atoms with Gasteiger partial charge in [-0.3, -0.25) is 14.8 Å². The quantitative estimate of drug-likeness (QED) is 0.577. The van der Waals surface area contributed by atoms with Gasteiger partial charge in [0, 0.05) is 5.56 Å². The first kappa shape index (κ1) is 17.7. The van der Waals surface area contributed by atoms with E-state index in [9.17, 15) is 9.59 Å². The van der Waals surface area contributed by atoms with E-state index in [1.165, 1.54) is 0 Å². The van der Waals surface area contributed by atoms with Gasteiger partial charge in [0.2, 0.25) is 0 Å². The Bertz CT molecular complexity index is 715. The van der Waals surface area contributed by atoms with Gasteiger partial charge in [-0.25, -0.2) is 5.48 Å². The van der Waals surface area contributed by atoms with Gasteiger partial charge in [-0.05, 0) is 37.5 Å². The minimum Gasteiger partial charge on any atom is -0.361 e. The molecular weight excluding hydrogens is 310 g/mol. The van der Waals surface area contributed by atoms with E-state index in [1.54, 1.807) is 43.6 Å². The molecule has 2 rings (SSSR count). The van der Waals surface area contributed by atoms with E-state index in [1.807, 2.05) is 13.8 Å². The maximum Gasteiger partial charge on any atom is 0.274 e. The number of carbonyl (C=O) groups excluding carboxylic acids is 2. The molecule has 7 nitrogen and oxygen atoms in total. The number of nitrogens with one attached hydrogen (secondary N) is 2. The third-order valence-electron chi connectivity index (χ3n) is 3.85. The standard InChI is InChI=1S/C17H21N3O4/c1-9(2)15(12-5-7-13(8-6-12)16(21)19-23)18-17(22)14-10(3)20-24-11(14)4/h5-9,15,23H,1-4H3,(H,18,22)(H,19,21). The lowest BCUT2D eigenvalue weighted by Gasteiger charge is -2.23. The molecule has 0 bridgehead atoms. The van der Waals surface area contributed by atoms with Crippen molar-refractivity contribution in [3.63, 3.8) is 0 Å². The maximum atomic E-state index is 12.5. The van der Waals surface area contributed by atoms with Crippen molar-refractivity contribution < 1.29 is 19.3 Å². The van der Waals surface area contributed by atoms with Crippen LogP contribution in [0.15, 0.2) is 28.8 Å². The molecule has 0 radical (unpaired) electrons. The largest absolute Gasteiger partial charge is 0.361 e. The van der Waals surface area contributed by atoms with E-state index < -0.39 is 5.91 Å². The topological polar surface area (TPSA) is 104 Å². The number of aromatic nitrogens is 1. The predicted octanol–water partition coefficient (Wildman–Crippen LogP) is 2.54. The molecule has 128 valence electrons. The van der Waals surface area contributed by atoms with Crippen LogP contribution in [-0.4, -0.2) is 22.2 Å². The Morgan fingerprint density at radius 1 is 1.12 bits per heavy atom. The second-order valence-electron chi connectivity index (χ2n) is 5.96. The van der Waals surface area contributed by atoms with Gasteiger partial charge in [0.05, 0.1) is 11.7 Å². The highest BCUT2D eigenvalue weighted by Crippen LogP contribution is 2.23. The van der Waals surface area contributed by atoms with Gasteiger partial charge in [0.25, 0.3) is 11.8 Å². The molecule has 0 aliphatic heterocycles. The molecule has 3 N–H and O–H groups in total. The molecule has 0 spiro atoms. The number of hydrogen-bond donors (Lipinski definition) is 3. The predicted molar refractivity (Wildman–Crippen MR) is 86.7 cm³/mol. The van der Waals surface area contributed by atoms with Gasteiger partial charge in [-0.15, -0.1) is 0 Å². The Morgan fingerprint density at radius 2 is 1.75 bits per heavy atom. The van der Waals surface area contributed by atoms with Gasteiger partial charge < -0.3 is 9.84 Å². The summed E-state index contributed by atoms with van der Waals surface area (Å²) in [4.78, 5) is 23.9. The van der Waals surface area contributed by atoms with Gasteiger partial charge in [0.15, 0.2) is 0 Å². The molecule has 0 saturated carbocycles. The van der Waals surface area contributed by atoms with E-state index in [4.69, 9.17) is 9.73 Å². The van der Waals surface area contributed by atoms with Crippen LogP contribution in [0.5, 0.6) is 0 Å². The summed E-state index contributed by atoms with van der Waals surface area (Å²) < 4.78 is 5.04. The van der Waals surface area contributed by atoms with Crippen LogP contribution in [0, 0.1) is 19.8 Å². The fourth-order valence-corrected chi connectivity index (χ4v) is 2.56. The van der Waals surface area contributed by atoms with Crippen molar-refractivity contribution in [2.75, 3.05) is 0 Å². The first-order chi connectivity index (χ1) is 11.3. The van der Waals surface area contributed by atoms with E-state index in [0.717, 1.165) is 5.56 Å². The summed E-state index contributed by atoms with van der Waals surface area (Å²) in [5.41, 5.74) is 3.77. The number of hydroxylamine groups is 1. The minimum atomic E-state index is -0.581. The molecule has 1 atom stereocenters. The summed E-state index contributed by atoms with van der Waals surface area (Å²) in [7, 11) is 0. The number of hydrogen-bond acceptors (Lipinski definition) is 5. The van der Waals surface area contributed by atoms with Crippen LogP contribution in [0.1, 0.15) is 57.6 Å². The molecule has 0 fully saturated rings. The summed E-state index contributed by atoms with van der Waals surface area (Å²) in [6.45, 7) is 7.40. The summed E-state index contributed by atoms with van der Waals surface area (Å²) in [5, 5.41) is 15.4. The Kier molecular flexibility index (Phi) is 5.35. The first-order valence-electron chi connectivity index (χ1n) is 7.63. The molecule has 1 unspecified atom stereocenters. The average Bonchev–Trinajstić information content (AvgIpc) is 2.90. The SMILES string of the molecule is Cc1noc(C)c1C(=O)NC(c1ccc(C(=O)NO)cc1)C(C)C. The Balaban J connectivity index is 2.24. The zero-order valence-electron chi connectivity index (χ0n) is 14.1. The zero-order chi connectivity index (χ0) is 17.9. The molecule has 7 heteroatoms. The molecule has 1 aromatic heterocycles. The van der Waals surface area contributed by atoms with Crippen molar-refractivity contribution in [3.05, 3.63) is 52.4 Å². The van der Waals surface area contributed by atoms with Gasteiger partial charge in [-0.2, -0.15) is 0 Å². The van der Waals surface area contributed by atoms with Crippen LogP contribution < -0.4 is 10.8 Å². The zero-order valence-corrected chi connectivity index (χ0v) is 14.1. The fourth-order valence-electron chi connectivity index (χ4n) is 2.56. The maximum absolute atomic E-state index is 12.5. The Hall–Kier alpha value is -2.67. The number of rotatable bonds is 5. The van der Waals surface area contributed by atoms with Gasteiger partial charge in [-0.1, -0.05) is 31.1 Å². The van der Waals surface area contributed by atoms with Crippen molar-refractivity contribution in [1.29, 1.82) is 0 Å². The van der Waals surface area contributed by atoms with Crippen molar-refractivity contribution in [2.24, 2.45) is 5.92 Å². The van der Waals surface area contributed by atoms with Crippen molar-refractivity contribution in [3.8, 4) is 0 Å². The monoisotopic (exact) mass is 331 g/mol. The van der Waals surface area contributed by atoms with Crippen LogP contribution in [0.25, 0.3) is 0 Å². The number of amides is 2. The smallest absolute Gasteiger partial charge is 0.274 e. The third-order valence-corrected chi connectivity index (χ3v) is 3.85. The average molecular weight is 331 g/mol. The Morgan fingerprint density at radius 3 is 2.21 bits per heavy atom. The molecule has 1 aromatic carbocycles. The molecule has 2 amide bonds. The fraction of sp³-hybridized carbons (Fsp3) is 0.353. The summed E-state index contributed by atoms with van der Waals surface area (Å²) >= 11 is 0. The molecule has 0 saturated heterocycles. The van der Waals surface area contributed by atoms with Crippen LogP contribution in [0.3, 0.4) is 0 Å². The highest BCUT2D eigenvalue weighted by Gasteiger charge is 2.23. The van der Waals surface area contributed by atoms with E-state index >= 15 is 0 Å².